The highest BCUT2D eigenvalue weighted by Gasteiger charge is 2.11. The fourth-order valence-corrected chi connectivity index (χ4v) is 2.24. The molecule has 4 nitrogen and oxygen atoms in total. The van der Waals surface area contributed by atoms with E-state index in [-0.39, 0.29) is 23.3 Å². The van der Waals surface area contributed by atoms with Crippen LogP contribution < -0.4 is 10.9 Å². The highest BCUT2D eigenvalue weighted by molar-refractivity contribution is 5.94. The maximum Gasteiger partial charge on any atom is 0.255 e. The molecule has 0 fully saturated rings. The summed E-state index contributed by atoms with van der Waals surface area (Å²) in [6, 6.07) is 8.45. The van der Waals surface area contributed by atoms with Gasteiger partial charge in [0, 0.05) is 24.0 Å². The summed E-state index contributed by atoms with van der Waals surface area (Å²) in [5.41, 5.74) is 0.638. The molecule has 116 valence electrons. The zero-order valence-electron chi connectivity index (χ0n) is 12.7. The Morgan fingerprint density at radius 3 is 2.55 bits per heavy atom. The number of aromatic nitrogens is 1. The molecule has 0 aliphatic heterocycles. The maximum atomic E-state index is 13.0. The number of hydrogen-bond acceptors (Lipinski definition) is 2. The molecule has 0 bridgehead atoms. The normalized spacial score (nSPS) is 12.0. The number of amides is 1. The van der Waals surface area contributed by atoms with Crippen molar-refractivity contribution in [2.45, 2.75) is 32.7 Å². The van der Waals surface area contributed by atoms with Crippen LogP contribution in [-0.2, 0) is 0 Å². The second-order valence-corrected chi connectivity index (χ2v) is 5.27. The van der Waals surface area contributed by atoms with E-state index in [1.807, 2.05) is 6.92 Å². The minimum atomic E-state index is -0.376. The molecule has 0 aliphatic carbocycles. The van der Waals surface area contributed by atoms with Gasteiger partial charge in [-0.15, -0.1) is 0 Å². The minimum Gasteiger partial charge on any atom is -0.350 e. The Morgan fingerprint density at radius 2 is 1.91 bits per heavy atom. The molecule has 1 amide bonds. The average Bonchev–Trinajstić information content (AvgIpc) is 2.49. The van der Waals surface area contributed by atoms with E-state index in [1.54, 1.807) is 0 Å². The predicted molar refractivity (Wildman–Crippen MR) is 83.8 cm³/mol. The lowest BCUT2D eigenvalue weighted by Crippen LogP contribution is -2.33. The van der Waals surface area contributed by atoms with E-state index in [4.69, 9.17) is 0 Å². The number of pyridine rings is 1. The van der Waals surface area contributed by atoms with Gasteiger partial charge in [-0.1, -0.05) is 13.3 Å². The third-order valence-corrected chi connectivity index (χ3v) is 3.38. The van der Waals surface area contributed by atoms with Crippen LogP contribution in [0, 0.1) is 5.82 Å². The summed E-state index contributed by atoms with van der Waals surface area (Å²) in [6.07, 6.45) is 3.35. The number of benzene rings is 1. The van der Waals surface area contributed by atoms with Crippen molar-refractivity contribution in [1.29, 1.82) is 0 Å². The van der Waals surface area contributed by atoms with E-state index >= 15 is 0 Å². The second-order valence-electron chi connectivity index (χ2n) is 5.27. The van der Waals surface area contributed by atoms with Gasteiger partial charge in [-0.25, -0.2) is 4.39 Å². The van der Waals surface area contributed by atoms with Crippen molar-refractivity contribution in [3.8, 4) is 5.69 Å². The first-order chi connectivity index (χ1) is 10.5. The summed E-state index contributed by atoms with van der Waals surface area (Å²) >= 11 is 0. The molecule has 1 aromatic carbocycles. The summed E-state index contributed by atoms with van der Waals surface area (Å²) in [5.74, 6) is -0.601. The van der Waals surface area contributed by atoms with Gasteiger partial charge in [0.05, 0.1) is 5.56 Å². The minimum absolute atomic E-state index is 0.0729. The number of hydrogen-bond donors (Lipinski definition) is 1. The number of nitrogens with one attached hydrogen (secondary N) is 1. The van der Waals surface area contributed by atoms with Crippen LogP contribution in [0.25, 0.3) is 5.69 Å². The van der Waals surface area contributed by atoms with Crippen LogP contribution in [0.5, 0.6) is 0 Å². The number of carbonyl (C=O) groups is 1. The quantitative estimate of drug-likeness (QED) is 0.923. The van der Waals surface area contributed by atoms with Gasteiger partial charge in [0.15, 0.2) is 0 Å². The smallest absolute Gasteiger partial charge is 0.255 e. The molecule has 2 aromatic rings. The van der Waals surface area contributed by atoms with E-state index in [0.717, 1.165) is 12.8 Å². The largest absolute Gasteiger partial charge is 0.350 e. The highest BCUT2D eigenvalue weighted by Crippen LogP contribution is 2.08. The Hall–Kier alpha value is -2.43. The van der Waals surface area contributed by atoms with E-state index in [1.165, 1.54) is 47.2 Å². The van der Waals surface area contributed by atoms with Gasteiger partial charge in [-0.05, 0) is 43.7 Å². The third-order valence-electron chi connectivity index (χ3n) is 3.38. The number of halogens is 1. The molecule has 0 saturated carbocycles. The van der Waals surface area contributed by atoms with Crippen LogP contribution in [-0.4, -0.2) is 16.5 Å². The first-order valence-corrected chi connectivity index (χ1v) is 7.30. The van der Waals surface area contributed by atoms with Crippen molar-refractivity contribution in [3.63, 3.8) is 0 Å². The Balaban J connectivity index is 2.28. The highest BCUT2D eigenvalue weighted by atomic mass is 19.1. The summed E-state index contributed by atoms with van der Waals surface area (Å²) in [6.45, 7) is 3.99. The molecule has 22 heavy (non-hydrogen) atoms. The first-order valence-electron chi connectivity index (χ1n) is 7.30. The molecule has 0 aliphatic rings. The van der Waals surface area contributed by atoms with Gasteiger partial charge in [0.2, 0.25) is 0 Å². The van der Waals surface area contributed by atoms with Crippen molar-refractivity contribution in [2.24, 2.45) is 0 Å². The number of nitrogens with zero attached hydrogens (tertiary/aromatic N) is 1. The van der Waals surface area contributed by atoms with E-state index in [9.17, 15) is 14.0 Å². The molecule has 0 radical (unpaired) electrons. The number of rotatable bonds is 5. The van der Waals surface area contributed by atoms with Crippen molar-refractivity contribution < 1.29 is 9.18 Å². The standard InChI is InChI=1S/C17H19FN2O2/c1-3-4-12(2)19-17(22)13-5-10-16(21)20(11-13)15-8-6-14(18)7-9-15/h5-12H,3-4H2,1-2H3,(H,19,22). The SMILES string of the molecule is CCCC(C)NC(=O)c1ccc(=O)n(-c2ccc(F)cc2)c1. The molecule has 1 aromatic heterocycles. The average molecular weight is 302 g/mol. The Bertz CT molecular complexity index is 707. The van der Waals surface area contributed by atoms with Crippen LogP contribution in [0.4, 0.5) is 4.39 Å². The lowest BCUT2D eigenvalue weighted by Gasteiger charge is -2.13. The Kier molecular flexibility index (Phi) is 5.09. The fraction of sp³-hybridized carbons (Fsp3) is 0.294. The maximum absolute atomic E-state index is 13.0. The summed E-state index contributed by atoms with van der Waals surface area (Å²) in [4.78, 5) is 24.1. The van der Waals surface area contributed by atoms with E-state index < -0.39 is 0 Å². The van der Waals surface area contributed by atoms with Crippen LogP contribution in [0.3, 0.4) is 0 Å². The fourth-order valence-electron chi connectivity index (χ4n) is 2.24. The lowest BCUT2D eigenvalue weighted by molar-refractivity contribution is 0.0937. The van der Waals surface area contributed by atoms with Gasteiger partial charge in [-0.3, -0.25) is 14.2 Å². The lowest BCUT2D eigenvalue weighted by atomic mass is 10.1. The van der Waals surface area contributed by atoms with Crippen LogP contribution in [0.15, 0.2) is 47.4 Å². The first kappa shape index (κ1) is 15.9. The van der Waals surface area contributed by atoms with Crippen LogP contribution >= 0.6 is 0 Å². The molecule has 1 N–H and O–H groups in total. The van der Waals surface area contributed by atoms with Gasteiger partial charge in [0.25, 0.3) is 11.5 Å². The van der Waals surface area contributed by atoms with Crippen molar-refractivity contribution in [3.05, 3.63) is 64.3 Å². The summed E-state index contributed by atoms with van der Waals surface area (Å²) in [5, 5.41) is 2.89. The Morgan fingerprint density at radius 1 is 1.23 bits per heavy atom. The van der Waals surface area contributed by atoms with E-state index in [0.29, 0.717) is 11.3 Å². The molecule has 1 heterocycles. The zero-order chi connectivity index (χ0) is 16.1. The van der Waals surface area contributed by atoms with Crippen molar-refractivity contribution in [2.75, 3.05) is 0 Å². The molecule has 2 rings (SSSR count). The molecule has 5 heteroatoms. The Labute approximate surface area is 128 Å². The third kappa shape index (κ3) is 3.81. The van der Waals surface area contributed by atoms with Crippen molar-refractivity contribution >= 4 is 5.91 Å². The van der Waals surface area contributed by atoms with Crippen molar-refractivity contribution in [1.82, 2.24) is 9.88 Å². The van der Waals surface area contributed by atoms with Gasteiger partial charge < -0.3 is 5.32 Å². The molecule has 1 unspecified atom stereocenters. The van der Waals surface area contributed by atoms with Crippen LogP contribution in [0.1, 0.15) is 37.0 Å². The second kappa shape index (κ2) is 7.02. The molecule has 0 spiro atoms. The van der Waals surface area contributed by atoms with Crippen LogP contribution in [0.2, 0.25) is 0 Å². The zero-order valence-corrected chi connectivity index (χ0v) is 12.7. The van der Waals surface area contributed by atoms with Gasteiger partial charge in [0.1, 0.15) is 5.82 Å². The predicted octanol–water partition coefficient (Wildman–Crippen LogP) is 2.90. The summed E-state index contributed by atoms with van der Waals surface area (Å²) < 4.78 is 14.3. The topological polar surface area (TPSA) is 51.1 Å². The molecular weight excluding hydrogens is 283 g/mol. The number of carbonyl (C=O) groups excluding carboxylic acids is 1. The van der Waals surface area contributed by atoms with Gasteiger partial charge >= 0.3 is 0 Å². The molecule has 1 atom stereocenters. The van der Waals surface area contributed by atoms with E-state index in [2.05, 4.69) is 12.2 Å². The summed E-state index contributed by atoms with van der Waals surface area (Å²) in [7, 11) is 0. The monoisotopic (exact) mass is 302 g/mol. The van der Waals surface area contributed by atoms with Gasteiger partial charge in [-0.2, -0.15) is 0 Å². The molecular formula is C17H19FN2O2. The molecule has 0 saturated heterocycles.